The normalized spacial score (nSPS) is 28.3. The zero-order valence-corrected chi connectivity index (χ0v) is 13.2. The van der Waals surface area contributed by atoms with E-state index in [4.69, 9.17) is 9.26 Å². The predicted molar refractivity (Wildman–Crippen MR) is 80.0 cm³/mol. The van der Waals surface area contributed by atoms with Gasteiger partial charge in [0.15, 0.2) is 0 Å². The first-order chi connectivity index (χ1) is 10.2. The van der Waals surface area contributed by atoms with Gasteiger partial charge in [-0.25, -0.2) is 0 Å². The van der Waals surface area contributed by atoms with E-state index < -0.39 is 0 Å². The number of rotatable bonds is 6. The summed E-state index contributed by atoms with van der Waals surface area (Å²) in [5.41, 5.74) is -0.344. The second kappa shape index (κ2) is 6.44. The Morgan fingerprint density at radius 1 is 1.33 bits per heavy atom. The summed E-state index contributed by atoms with van der Waals surface area (Å²) >= 11 is 0. The molecule has 1 aromatic heterocycles. The van der Waals surface area contributed by atoms with Crippen molar-refractivity contribution in [3.8, 4) is 0 Å². The number of aromatic nitrogens is 2. The highest BCUT2D eigenvalue weighted by Gasteiger charge is 2.37. The average Bonchev–Trinajstić information content (AvgIpc) is 3.19. The molecule has 2 atom stereocenters. The van der Waals surface area contributed by atoms with Crippen molar-refractivity contribution in [3.63, 3.8) is 0 Å². The van der Waals surface area contributed by atoms with Gasteiger partial charge in [-0.3, -0.25) is 0 Å². The predicted octanol–water partition coefficient (Wildman–Crippen LogP) is 2.81. The van der Waals surface area contributed by atoms with E-state index in [2.05, 4.69) is 29.3 Å². The van der Waals surface area contributed by atoms with Gasteiger partial charge in [0.1, 0.15) is 5.60 Å². The van der Waals surface area contributed by atoms with Gasteiger partial charge in [0.05, 0.1) is 0 Å². The molecule has 2 heterocycles. The van der Waals surface area contributed by atoms with Gasteiger partial charge in [-0.1, -0.05) is 24.9 Å². The molecule has 5 nitrogen and oxygen atoms in total. The highest BCUT2D eigenvalue weighted by molar-refractivity contribution is 5.02. The molecule has 2 unspecified atom stereocenters. The van der Waals surface area contributed by atoms with Crippen LogP contribution in [0.4, 0.5) is 0 Å². The Bertz CT molecular complexity index is 448. The Labute approximate surface area is 126 Å². The van der Waals surface area contributed by atoms with Gasteiger partial charge in [-0.2, -0.15) is 4.98 Å². The quantitative estimate of drug-likeness (QED) is 0.874. The lowest BCUT2D eigenvalue weighted by molar-refractivity contribution is 0.00768. The van der Waals surface area contributed by atoms with Crippen LogP contribution in [-0.4, -0.2) is 29.3 Å². The first-order valence-electron chi connectivity index (χ1n) is 8.41. The summed E-state index contributed by atoms with van der Waals surface area (Å²) in [6.07, 6.45) is 8.23. The summed E-state index contributed by atoms with van der Waals surface area (Å²) in [5, 5.41) is 7.77. The molecule has 0 spiro atoms. The lowest BCUT2D eigenvalue weighted by Crippen LogP contribution is -2.37. The summed E-state index contributed by atoms with van der Waals surface area (Å²) in [4.78, 5) is 4.61. The molecular formula is C16H27N3O2. The topological polar surface area (TPSA) is 60.2 Å². The van der Waals surface area contributed by atoms with E-state index in [0.717, 1.165) is 50.0 Å². The first-order valence-corrected chi connectivity index (χ1v) is 8.41. The largest absolute Gasteiger partial charge is 0.367 e. The van der Waals surface area contributed by atoms with Crippen LogP contribution in [0.3, 0.4) is 0 Å². The number of hydrogen-bond acceptors (Lipinski definition) is 5. The number of nitrogens with one attached hydrogen (secondary N) is 1. The molecular weight excluding hydrogens is 266 g/mol. The van der Waals surface area contributed by atoms with Gasteiger partial charge in [0.2, 0.25) is 11.7 Å². The second-order valence-corrected chi connectivity index (χ2v) is 6.61. The van der Waals surface area contributed by atoms with Crippen LogP contribution < -0.4 is 5.32 Å². The minimum Gasteiger partial charge on any atom is -0.367 e. The van der Waals surface area contributed by atoms with Crippen molar-refractivity contribution in [2.45, 2.75) is 70.4 Å². The van der Waals surface area contributed by atoms with Crippen LogP contribution in [0.2, 0.25) is 0 Å². The molecule has 1 saturated heterocycles. The van der Waals surface area contributed by atoms with Crippen LogP contribution >= 0.6 is 0 Å². The molecule has 1 aromatic rings. The highest BCUT2D eigenvalue weighted by atomic mass is 16.5. The van der Waals surface area contributed by atoms with Crippen LogP contribution in [0.25, 0.3) is 0 Å². The Kier molecular flexibility index (Phi) is 4.60. The summed E-state index contributed by atoms with van der Waals surface area (Å²) < 4.78 is 11.3. The number of nitrogens with zero attached hydrogens (tertiary/aromatic N) is 2. The zero-order valence-electron chi connectivity index (χ0n) is 13.2. The first kappa shape index (κ1) is 15.0. The molecule has 3 rings (SSSR count). The Hall–Kier alpha value is -0.940. The van der Waals surface area contributed by atoms with Crippen LogP contribution in [0.1, 0.15) is 64.1 Å². The summed E-state index contributed by atoms with van der Waals surface area (Å²) in [6.45, 7) is 6.01. The molecule has 0 amide bonds. The minimum absolute atomic E-state index is 0.344. The fourth-order valence-corrected chi connectivity index (χ4v) is 3.72. The maximum absolute atomic E-state index is 5.79. The Morgan fingerprint density at radius 2 is 2.14 bits per heavy atom. The molecule has 0 bridgehead atoms. The third-order valence-electron chi connectivity index (χ3n) is 4.99. The molecule has 2 aliphatic rings. The van der Waals surface area contributed by atoms with E-state index in [9.17, 15) is 0 Å². The molecule has 118 valence electrons. The van der Waals surface area contributed by atoms with E-state index in [0.29, 0.717) is 6.04 Å². The van der Waals surface area contributed by atoms with Gasteiger partial charge in [-0.15, -0.1) is 0 Å². The van der Waals surface area contributed by atoms with E-state index >= 15 is 0 Å². The fourth-order valence-electron chi connectivity index (χ4n) is 3.72. The molecule has 5 heteroatoms. The molecule has 1 N–H and O–H groups in total. The molecule has 0 radical (unpaired) electrons. The van der Waals surface area contributed by atoms with E-state index in [1.54, 1.807) is 0 Å². The van der Waals surface area contributed by atoms with Crippen molar-refractivity contribution >= 4 is 0 Å². The maximum atomic E-state index is 5.79. The van der Waals surface area contributed by atoms with Gasteiger partial charge in [-0.05, 0) is 45.1 Å². The third kappa shape index (κ3) is 3.29. The third-order valence-corrected chi connectivity index (χ3v) is 4.99. The lowest BCUT2D eigenvalue weighted by atomic mass is 9.95. The molecule has 21 heavy (non-hydrogen) atoms. The summed E-state index contributed by atoms with van der Waals surface area (Å²) in [6, 6.07) is 0.461. The fraction of sp³-hybridized carbons (Fsp3) is 0.875. The SMILES string of the molecule is CCNC(Cc1nc(C2(C)CCCO2)no1)C1CCCC1. The number of hydrogen-bond donors (Lipinski definition) is 1. The average molecular weight is 293 g/mol. The highest BCUT2D eigenvalue weighted by Crippen LogP contribution is 2.34. The van der Waals surface area contributed by atoms with Gasteiger partial charge in [0.25, 0.3) is 0 Å². The van der Waals surface area contributed by atoms with Crippen LogP contribution in [0.5, 0.6) is 0 Å². The number of likely N-dealkylation sites (N-methyl/N-ethyl adjacent to an activating group) is 1. The minimum atomic E-state index is -0.344. The second-order valence-electron chi connectivity index (χ2n) is 6.61. The molecule has 2 fully saturated rings. The smallest absolute Gasteiger partial charge is 0.228 e. The summed E-state index contributed by atoms with van der Waals surface area (Å²) in [5.74, 6) is 2.22. The van der Waals surface area contributed by atoms with Crippen LogP contribution in [-0.2, 0) is 16.8 Å². The van der Waals surface area contributed by atoms with Crippen molar-refractivity contribution < 1.29 is 9.26 Å². The van der Waals surface area contributed by atoms with E-state index in [1.165, 1.54) is 25.7 Å². The Morgan fingerprint density at radius 3 is 2.81 bits per heavy atom. The van der Waals surface area contributed by atoms with Crippen LogP contribution in [0, 0.1) is 5.92 Å². The number of ether oxygens (including phenoxy) is 1. The van der Waals surface area contributed by atoms with Crippen molar-refractivity contribution in [2.75, 3.05) is 13.2 Å². The van der Waals surface area contributed by atoms with Gasteiger partial charge in [0, 0.05) is 19.1 Å². The van der Waals surface area contributed by atoms with Crippen molar-refractivity contribution in [3.05, 3.63) is 11.7 Å². The molecule has 1 aliphatic carbocycles. The summed E-state index contributed by atoms with van der Waals surface area (Å²) in [7, 11) is 0. The Balaban J connectivity index is 1.67. The molecule has 1 saturated carbocycles. The van der Waals surface area contributed by atoms with E-state index in [-0.39, 0.29) is 5.60 Å². The zero-order chi connectivity index (χ0) is 14.7. The monoisotopic (exact) mass is 293 g/mol. The van der Waals surface area contributed by atoms with Crippen molar-refractivity contribution in [1.82, 2.24) is 15.5 Å². The van der Waals surface area contributed by atoms with Crippen molar-refractivity contribution in [1.29, 1.82) is 0 Å². The van der Waals surface area contributed by atoms with E-state index in [1.807, 2.05) is 0 Å². The van der Waals surface area contributed by atoms with Gasteiger partial charge >= 0.3 is 0 Å². The van der Waals surface area contributed by atoms with Crippen molar-refractivity contribution in [2.24, 2.45) is 5.92 Å². The lowest BCUT2D eigenvalue weighted by Gasteiger charge is -2.22. The maximum Gasteiger partial charge on any atom is 0.228 e. The standard InChI is InChI=1S/C16H27N3O2/c1-3-17-13(12-7-4-5-8-12)11-14-18-15(19-21-14)16(2)9-6-10-20-16/h12-13,17H,3-11H2,1-2H3. The molecule has 1 aliphatic heterocycles. The van der Waals surface area contributed by atoms with Crippen LogP contribution in [0.15, 0.2) is 4.52 Å². The molecule has 0 aromatic carbocycles. The van der Waals surface area contributed by atoms with Gasteiger partial charge < -0.3 is 14.6 Å².